The Labute approximate surface area is 124 Å². The number of hydrogen-bond donors (Lipinski definition) is 1. The monoisotopic (exact) mass is 281 g/mol. The number of rotatable bonds is 3. The smallest absolute Gasteiger partial charge is 0.196 e. The Morgan fingerprint density at radius 2 is 1.95 bits per heavy atom. The number of methoxy groups -OCH3 is 1. The van der Waals surface area contributed by atoms with Gasteiger partial charge in [0.1, 0.15) is 5.75 Å². The summed E-state index contributed by atoms with van der Waals surface area (Å²) >= 11 is 0. The Balaban J connectivity index is 1.97. The van der Waals surface area contributed by atoms with Crippen molar-refractivity contribution in [2.75, 3.05) is 18.6 Å². The fourth-order valence-corrected chi connectivity index (χ4v) is 2.76. The Morgan fingerprint density at radius 3 is 2.62 bits per heavy atom. The van der Waals surface area contributed by atoms with E-state index in [1.807, 2.05) is 31.2 Å². The molecule has 3 rings (SSSR count). The molecule has 108 valence electrons. The molecule has 2 N–H and O–H groups in total. The van der Waals surface area contributed by atoms with Gasteiger partial charge in [-0.1, -0.05) is 30.3 Å². The Bertz CT molecular complexity index is 667. The van der Waals surface area contributed by atoms with E-state index in [-0.39, 0.29) is 6.04 Å². The number of aryl methyl sites for hydroxylation is 1. The van der Waals surface area contributed by atoms with Crippen LogP contribution in [-0.2, 0) is 0 Å². The lowest BCUT2D eigenvalue weighted by atomic mass is 10.0. The number of anilines is 1. The molecular weight excluding hydrogens is 262 g/mol. The standard InChI is InChI=1S/C17H19N3O/c1-12-10-13(8-9-16(12)21-2)15-11-19-17(18)20(15)14-6-4-3-5-7-14/h3-10,15H,11H2,1-2H3,(H2,18,19). The van der Waals surface area contributed by atoms with Gasteiger partial charge in [0.25, 0.3) is 0 Å². The van der Waals surface area contributed by atoms with Crippen LogP contribution in [0.15, 0.2) is 53.5 Å². The average Bonchev–Trinajstić information content (AvgIpc) is 2.90. The van der Waals surface area contributed by atoms with Crippen LogP contribution >= 0.6 is 0 Å². The molecule has 1 unspecified atom stereocenters. The average molecular weight is 281 g/mol. The Kier molecular flexibility index (Phi) is 3.52. The van der Waals surface area contributed by atoms with Gasteiger partial charge in [-0.2, -0.15) is 0 Å². The molecule has 0 saturated heterocycles. The number of nitrogens with two attached hydrogens (primary N) is 1. The van der Waals surface area contributed by atoms with Gasteiger partial charge in [0.2, 0.25) is 0 Å². The van der Waals surface area contributed by atoms with Crippen molar-refractivity contribution in [2.24, 2.45) is 10.7 Å². The summed E-state index contributed by atoms with van der Waals surface area (Å²) in [5, 5.41) is 0. The van der Waals surface area contributed by atoms with Gasteiger partial charge in [0, 0.05) is 5.69 Å². The van der Waals surface area contributed by atoms with Crippen molar-refractivity contribution in [3.63, 3.8) is 0 Å². The van der Waals surface area contributed by atoms with Crippen LogP contribution in [0.5, 0.6) is 5.75 Å². The van der Waals surface area contributed by atoms with E-state index in [9.17, 15) is 0 Å². The molecular formula is C17H19N3O. The Hall–Kier alpha value is -2.49. The molecule has 0 spiro atoms. The first kappa shape index (κ1) is 13.5. The van der Waals surface area contributed by atoms with E-state index in [0.717, 1.165) is 17.0 Å². The first-order chi connectivity index (χ1) is 10.2. The molecule has 0 amide bonds. The highest BCUT2D eigenvalue weighted by molar-refractivity contribution is 5.97. The molecule has 21 heavy (non-hydrogen) atoms. The third kappa shape index (κ3) is 2.44. The summed E-state index contributed by atoms with van der Waals surface area (Å²) in [5.41, 5.74) is 9.46. The number of para-hydroxylation sites is 1. The summed E-state index contributed by atoms with van der Waals surface area (Å²) in [6.07, 6.45) is 0. The Morgan fingerprint density at radius 1 is 1.19 bits per heavy atom. The van der Waals surface area contributed by atoms with E-state index in [1.165, 1.54) is 5.56 Å². The van der Waals surface area contributed by atoms with Gasteiger partial charge in [-0.25, -0.2) is 0 Å². The quantitative estimate of drug-likeness (QED) is 0.941. The second-order valence-corrected chi connectivity index (χ2v) is 5.15. The minimum Gasteiger partial charge on any atom is -0.496 e. The van der Waals surface area contributed by atoms with Gasteiger partial charge in [0.15, 0.2) is 5.96 Å². The molecule has 1 heterocycles. The fraction of sp³-hybridized carbons (Fsp3) is 0.235. The van der Waals surface area contributed by atoms with Gasteiger partial charge in [0.05, 0.1) is 19.7 Å². The third-order valence-electron chi connectivity index (χ3n) is 3.82. The molecule has 0 saturated carbocycles. The zero-order valence-electron chi connectivity index (χ0n) is 12.3. The maximum Gasteiger partial charge on any atom is 0.196 e. The largest absolute Gasteiger partial charge is 0.496 e. The van der Waals surface area contributed by atoms with Crippen LogP contribution in [0, 0.1) is 6.92 Å². The van der Waals surface area contributed by atoms with E-state index in [2.05, 4.69) is 34.2 Å². The lowest BCUT2D eigenvalue weighted by molar-refractivity contribution is 0.411. The summed E-state index contributed by atoms with van der Waals surface area (Å²) in [7, 11) is 1.69. The lowest BCUT2D eigenvalue weighted by Crippen LogP contribution is -2.36. The topological polar surface area (TPSA) is 50.9 Å². The van der Waals surface area contributed by atoms with E-state index in [0.29, 0.717) is 12.5 Å². The van der Waals surface area contributed by atoms with Crippen LogP contribution in [0.4, 0.5) is 5.69 Å². The number of aliphatic imine (C=N–C) groups is 1. The van der Waals surface area contributed by atoms with Crippen LogP contribution < -0.4 is 15.4 Å². The maximum absolute atomic E-state index is 6.08. The molecule has 0 aliphatic carbocycles. The van der Waals surface area contributed by atoms with Crippen LogP contribution in [0.1, 0.15) is 17.2 Å². The second-order valence-electron chi connectivity index (χ2n) is 5.15. The second kappa shape index (κ2) is 5.48. The number of benzene rings is 2. The fourth-order valence-electron chi connectivity index (χ4n) is 2.76. The highest BCUT2D eigenvalue weighted by atomic mass is 16.5. The molecule has 1 atom stereocenters. The van der Waals surface area contributed by atoms with Crippen molar-refractivity contribution in [1.29, 1.82) is 0 Å². The van der Waals surface area contributed by atoms with Crippen molar-refractivity contribution in [1.82, 2.24) is 0 Å². The first-order valence-corrected chi connectivity index (χ1v) is 6.99. The van der Waals surface area contributed by atoms with Crippen molar-refractivity contribution in [3.8, 4) is 5.75 Å². The highest BCUT2D eigenvalue weighted by Gasteiger charge is 2.28. The summed E-state index contributed by atoms with van der Waals surface area (Å²) in [6, 6.07) is 16.5. The molecule has 0 bridgehead atoms. The van der Waals surface area contributed by atoms with Crippen molar-refractivity contribution in [3.05, 3.63) is 59.7 Å². The third-order valence-corrected chi connectivity index (χ3v) is 3.82. The van der Waals surface area contributed by atoms with Gasteiger partial charge >= 0.3 is 0 Å². The predicted octanol–water partition coefficient (Wildman–Crippen LogP) is 2.88. The summed E-state index contributed by atoms with van der Waals surface area (Å²) in [6.45, 7) is 2.72. The molecule has 2 aromatic rings. The van der Waals surface area contributed by atoms with Gasteiger partial charge in [-0.05, 0) is 36.2 Å². The normalized spacial score (nSPS) is 17.7. The lowest BCUT2D eigenvalue weighted by Gasteiger charge is -2.27. The predicted molar refractivity (Wildman–Crippen MR) is 85.9 cm³/mol. The maximum atomic E-state index is 6.08. The minimum absolute atomic E-state index is 0.136. The molecule has 0 fully saturated rings. The summed E-state index contributed by atoms with van der Waals surface area (Å²) in [5.74, 6) is 1.47. The molecule has 1 aliphatic heterocycles. The molecule has 0 radical (unpaired) electrons. The van der Waals surface area contributed by atoms with E-state index in [1.54, 1.807) is 7.11 Å². The number of nitrogens with zero attached hydrogens (tertiary/aromatic N) is 2. The zero-order valence-corrected chi connectivity index (χ0v) is 12.3. The van der Waals surface area contributed by atoms with E-state index < -0.39 is 0 Å². The SMILES string of the molecule is COc1ccc(C2CN=C(N)N2c2ccccc2)cc1C. The van der Waals surface area contributed by atoms with Crippen molar-refractivity contribution in [2.45, 2.75) is 13.0 Å². The van der Waals surface area contributed by atoms with Gasteiger partial charge < -0.3 is 15.4 Å². The molecule has 1 aliphatic rings. The first-order valence-electron chi connectivity index (χ1n) is 6.99. The number of guanidine groups is 1. The highest BCUT2D eigenvalue weighted by Crippen LogP contribution is 2.32. The molecule has 2 aromatic carbocycles. The molecule has 4 nitrogen and oxygen atoms in total. The van der Waals surface area contributed by atoms with E-state index >= 15 is 0 Å². The van der Waals surface area contributed by atoms with E-state index in [4.69, 9.17) is 10.5 Å². The van der Waals surface area contributed by atoms with Crippen LogP contribution in [0.3, 0.4) is 0 Å². The van der Waals surface area contributed by atoms with Gasteiger partial charge in [-0.3, -0.25) is 4.99 Å². The molecule has 0 aromatic heterocycles. The molecule has 4 heteroatoms. The minimum atomic E-state index is 0.136. The van der Waals surface area contributed by atoms with Crippen molar-refractivity contribution < 1.29 is 4.74 Å². The van der Waals surface area contributed by atoms with Crippen LogP contribution in [0.2, 0.25) is 0 Å². The number of hydrogen-bond acceptors (Lipinski definition) is 4. The summed E-state index contributed by atoms with van der Waals surface area (Å²) < 4.78 is 5.33. The van der Waals surface area contributed by atoms with Gasteiger partial charge in [-0.15, -0.1) is 0 Å². The zero-order chi connectivity index (χ0) is 14.8. The van der Waals surface area contributed by atoms with Crippen LogP contribution in [0.25, 0.3) is 0 Å². The van der Waals surface area contributed by atoms with Crippen molar-refractivity contribution >= 4 is 11.6 Å². The number of ether oxygens (including phenoxy) is 1. The summed E-state index contributed by atoms with van der Waals surface area (Å²) in [4.78, 5) is 6.50. The van der Waals surface area contributed by atoms with Crippen LogP contribution in [-0.4, -0.2) is 19.6 Å².